The first-order valence-electron chi connectivity index (χ1n) is 5.92. The summed E-state index contributed by atoms with van der Waals surface area (Å²) in [7, 11) is 0. The minimum absolute atomic E-state index is 0.236. The van der Waals surface area contributed by atoms with E-state index >= 15 is 0 Å². The quantitative estimate of drug-likeness (QED) is 0.937. The average Bonchev–Trinajstić information content (AvgIpc) is 2.75. The maximum absolute atomic E-state index is 12.0. The van der Waals surface area contributed by atoms with Gasteiger partial charge in [0.05, 0.1) is 0 Å². The Balaban J connectivity index is 1.75. The van der Waals surface area contributed by atoms with Crippen LogP contribution in [0.3, 0.4) is 0 Å². The zero-order valence-corrected chi connectivity index (χ0v) is 10.1. The summed E-state index contributed by atoms with van der Waals surface area (Å²) in [5, 5.41) is 6.95. The highest BCUT2D eigenvalue weighted by atomic mass is 19.4. The van der Waals surface area contributed by atoms with Gasteiger partial charge in [0.15, 0.2) is 5.82 Å². The molecule has 5 nitrogen and oxygen atoms in total. The lowest BCUT2D eigenvalue weighted by Crippen LogP contribution is -2.40. The Morgan fingerprint density at radius 1 is 1.20 bits per heavy atom. The number of nitrogens with zero attached hydrogens (tertiary/aromatic N) is 2. The normalized spacial score (nSPS) is 15.9. The minimum Gasteiger partial charge on any atom is -0.406 e. The number of benzene rings is 1. The van der Waals surface area contributed by atoms with E-state index in [1.807, 2.05) is 0 Å². The maximum atomic E-state index is 12.0. The number of rotatable bonds is 3. The third kappa shape index (κ3) is 2.74. The van der Waals surface area contributed by atoms with Gasteiger partial charge in [-0.05, 0) is 24.3 Å². The molecule has 8 heteroatoms. The number of halogens is 3. The lowest BCUT2D eigenvalue weighted by molar-refractivity contribution is -0.274. The van der Waals surface area contributed by atoms with Gasteiger partial charge in [0.2, 0.25) is 0 Å². The molecule has 0 aliphatic carbocycles. The van der Waals surface area contributed by atoms with Crippen molar-refractivity contribution in [3.8, 4) is 17.2 Å². The van der Waals surface area contributed by atoms with Crippen LogP contribution in [-0.4, -0.2) is 29.6 Å². The molecule has 0 amide bonds. The Morgan fingerprint density at radius 2 is 1.90 bits per heavy atom. The molecule has 0 bridgehead atoms. The SMILES string of the molecule is FC(F)(F)Oc1ccc(-c2nc(C3CNC3)no2)cc1. The van der Waals surface area contributed by atoms with Crippen LogP contribution in [0.4, 0.5) is 13.2 Å². The van der Waals surface area contributed by atoms with Gasteiger partial charge in [0.25, 0.3) is 5.89 Å². The number of ether oxygens (including phenoxy) is 1. The lowest BCUT2D eigenvalue weighted by Gasteiger charge is -2.23. The van der Waals surface area contributed by atoms with E-state index in [1.165, 1.54) is 24.3 Å². The van der Waals surface area contributed by atoms with Crippen molar-refractivity contribution in [2.24, 2.45) is 0 Å². The van der Waals surface area contributed by atoms with Crippen molar-refractivity contribution in [3.05, 3.63) is 30.1 Å². The molecule has 2 aromatic rings. The number of hydrogen-bond acceptors (Lipinski definition) is 5. The Bertz CT molecular complexity index is 591. The first kappa shape index (κ1) is 12.9. The van der Waals surface area contributed by atoms with Gasteiger partial charge in [-0.3, -0.25) is 0 Å². The summed E-state index contributed by atoms with van der Waals surface area (Å²) in [6, 6.07) is 5.30. The Labute approximate surface area is 111 Å². The molecule has 1 aromatic carbocycles. The molecule has 0 saturated carbocycles. The highest BCUT2D eigenvalue weighted by molar-refractivity contribution is 5.54. The summed E-state index contributed by atoms with van der Waals surface area (Å²) in [6.07, 6.45) is -4.70. The molecular weight excluding hydrogens is 275 g/mol. The van der Waals surface area contributed by atoms with Crippen molar-refractivity contribution in [1.82, 2.24) is 15.5 Å². The smallest absolute Gasteiger partial charge is 0.406 e. The summed E-state index contributed by atoms with van der Waals surface area (Å²) in [4.78, 5) is 4.23. The van der Waals surface area contributed by atoms with Gasteiger partial charge in [0.1, 0.15) is 5.75 Å². The predicted octanol–water partition coefficient (Wildman–Crippen LogP) is 2.32. The monoisotopic (exact) mass is 285 g/mol. The minimum atomic E-state index is -4.70. The van der Waals surface area contributed by atoms with E-state index in [0.29, 0.717) is 11.4 Å². The van der Waals surface area contributed by atoms with E-state index in [-0.39, 0.29) is 17.6 Å². The van der Waals surface area contributed by atoms with E-state index in [2.05, 4.69) is 20.2 Å². The molecule has 0 unspecified atom stereocenters. The van der Waals surface area contributed by atoms with Crippen LogP contribution in [0.25, 0.3) is 11.5 Å². The molecule has 1 aliphatic heterocycles. The Morgan fingerprint density at radius 3 is 2.45 bits per heavy atom. The highest BCUT2D eigenvalue weighted by Gasteiger charge is 2.31. The van der Waals surface area contributed by atoms with Crippen LogP contribution < -0.4 is 10.1 Å². The zero-order valence-electron chi connectivity index (χ0n) is 10.1. The van der Waals surface area contributed by atoms with E-state index in [1.54, 1.807) is 0 Å². The van der Waals surface area contributed by atoms with Gasteiger partial charge in [-0.1, -0.05) is 5.16 Å². The molecule has 0 radical (unpaired) electrons. The molecule has 2 heterocycles. The first-order chi connectivity index (χ1) is 9.51. The van der Waals surface area contributed by atoms with E-state index in [4.69, 9.17) is 4.52 Å². The van der Waals surface area contributed by atoms with Crippen LogP contribution in [-0.2, 0) is 0 Å². The van der Waals surface area contributed by atoms with Gasteiger partial charge in [0, 0.05) is 24.6 Å². The summed E-state index contributed by atoms with van der Waals surface area (Å²) >= 11 is 0. The molecule has 106 valence electrons. The first-order valence-corrected chi connectivity index (χ1v) is 5.92. The van der Waals surface area contributed by atoms with Crippen LogP contribution in [0, 0.1) is 0 Å². The topological polar surface area (TPSA) is 60.2 Å². The predicted molar refractivity (Wildman–Crippen MR) is 62.0 cm³/mol. The van der Waals surface area contributed by atoms with Crippen LogP contribution in [0.1, 0.15) is 11.7 Å². The second-order valence-electron chi connectivity index (χ2n) is 4.39. The fraction of sp³-hybridized carbons (Fsp3) is 0.333. The molecule has 0 spiro atoms. The van der Waals surface area contributed by atoms with Crippen LogP contribution >= 0.6 is 0 Å². The molecule has 1 saturated heterocycles. The number of aromatic nitrogens is 2. The fourth-order valence-electron chi connectivity index (χ4n) is 1.79. The highest BCUT2D eigenvalue weighted by Crippen LogP contribution is 2.26. The standard InChI is InChI=1S/C12H10F3N3O2/c13-12(14,15)19-9-3-1-7(2-4-9)11-17-10(18-20-11)8-5-16-6-8/h1-4,8,16H,5-6H2. The number of hydrogen-bond donors (Lipinski definition) is 1. The molecule has 1 aliphatic rings. The zero-order chi connectivity index (χ0) is 14.2. The van der Waals surface area contributed by atoms with Crippen LogP contribution in [0.15, 0.2) is 28.8 Å². The fourth-order valence-corrected chi connectivity index (χ4v) is 1.79. The number of nitrogens with one attached hydrogen (secondary N) is 1. The van der Waals surface area contributed by atoms with Gasteiger partial charge < -0.3 is 14.6 Å². The molecule has 0 atom stereocenters. The number of alkyl halides is 3. The van der Waals surface area contributed by atoms with E-state index in [0.717, 1.165) is 13.1 Å². The third-order valence-corrected chi connectivity index (χ3v) is 2.92. The van der Waals surface area contributed by atoms with E-state index in [9.17, 15) is 13.2 Å². The molecule has 1 N–H and O–H groups in total. The van der Waals surface area contributed by atoms with Crippen molar-refractivity contribution in [2.45, 2.75) is 12.3 Å². The maximum Gasteiger partial charge on any atom is 0.573 e. The van der Waals surface area contributed by atoms with Gasteiger partial charge in [-0.15, -0.1) is 13.2 Å². The Hall–Kier alpha value is -2.09. The summed E-state index contributed by atoms with van der Waals surface area (Å²) in [5.74, 6) is 0.837. The molecule has 1 aromatic heterocycles. The molecule has 20 heavy (non-hydrogen) atoms. The molecule has 3 rings (SSSR count). The molecular formula is C12H10F3N3O2. The van der Waals surface area contributed by atoms with Crippen molar-refractivity contribution >= 4 is 0 Å². The van der Waals surface area contributed by atoms with Crippen LogP contribution in [0.2, 0.25) is 0 Å². The van der Waals surface area contributed by atoms with Gasteiger partial charge in [-0.25, -0.2) is 0 Å². The largest absolute Gasteiger partial charge is 0.573 e. The average molecular weight is 285 g/mol. The van der Waals surface area contributed by atoms with E-state index < -0.39 is 6.36 Å². The van der Waals surface area contributed by atoms with Crippen molar-refractivity contribution in [3.63, 3.8) is 0 Å². The molecule has 1 fully saturated rings. The van der Waals surface area contributed by atoms with Crippen molar-refractivity contribution < 1.29 is 22.4 Å². The van der Waals surface area contributed by atoms with Crippen molar-refractivity contribution in [2.75, 3.05) is 13.1 Å². The Kier molecular flexibility index (Phi) is 3.09. The summed E-state index contributed by atoms with van der Waals surface area (Å²) < 4.78 is 45.0. The summed E-state index contributed by atoms with van der Waals surface area (Å²) in [6.45, 7) is 1.61. The summed E-state index contributed by atoms with van der Waals surface area (Å²) in [5.41, 5.74) is 0.547. The van der Waals surface area contributed by atoms with Crippen molar-refractivity contribution in [1.29, 1.82) is 0 Å². The van der Waals surface area contributed by atoms with Gasteiger partial charge >= 0.3 is 6.36 Å². The second-order valence-corrected chi connectivity index (χ2v) is 4.39. The lowest BCUT2D eigenvalue weighted by atomic mass is 10.0. The van der Waals surface area contributed by atoms with Crippen LogP contribution in [0.5, 0.6) is 5.75 Å². The third-order valence-electron chi connectivity index (χ3n) is 2.92. The second kappa shape index (κ2) is 4.78. The van der Waals surface area contributed by atoms with Gasteiger partial charge in [-0.2, -0.15) is 4.98 Å².